The molecular weight excluding hydrogens is 286 g/mol. The van der Waals surface area contributed by atoms with Gasteiger partial charge in [0.2, 0.25) is 5.91 Å². The number of hydrogen-bond acceptors (Lipinski definition) is 2. The molecule has 0 aliphatic rings. The minimum atomic E-state index is -0.581. The third-order valence-corrected chi connectivity index (χ3v) is 3.32. The lowest BCUT2D eigenvalue weighted by Crippen LogP contribution is -2.19. The van der Waals surface area contributed by atoms with E-state index in [4.69, 9.17) is 0 Å². The maximum Gasteiger partial charge on any atom is 0.221 e. The number of benzene rings is 2. The van der Waals surface area contributed by atoms with Gasteiger partial charge in [0, 0.05) is 36.8 Å². The normalized spacial score (nSPS) is 12.0. The van der Waals surface area contributed by atoms with Crippen molar-refractivity contribution in [1.82, 2.24) is 5.32 Å². The Bertz CT molecular complexity index is 656. The Labute approximate surface area is 128 Å². The molecule has 0 aliphatic heterocycles. The van der Waals surface area contributed by atoms with Crippen molar-refractivity contribution >= 4 is 11.6 Å². The zero-order valence-corrected chi connectivity index (χ0v) is 12.5. The van der Waals surface area contributed by atoms with Gasteiger partial charge >= 0.3 is 0 Å². The van der Waals surface area contributed by atoms with Crippen LogP contribution < -0.4 is 10.6 Å². The zero-order valence-electron chi connectivity index (χ0n) is 12.5. The van der Waals surface area contributed by atoms with Crippen LogP contribution in [-0.2, 0) is 11.3 Å². The summed E-state index contributed by atoms with van der Waals surface area (Å²) in [5.41, 5.74) is 2.16. The Balaban J connectivity index is 1.95. The molecule has 0 bridgehead atoms. The van der Waals surface area contributed by atoms with Crippen LogP contribution in [0.3, 0.4) is 0 Å². The second kappa shape index (κ2) is 7.13. The van der Waals surface area contributed by atoms with Gasteiger partial charge < -0.3 is 10.6 Å². The molecule has 3 nitrogen and oxygen atoms in total. The summed E-state index contributed by atoms with van der Waals surface area (Å²) in [6.45, 7) is 3.81. The number of nitrogens with one attached hydrogen (secondary N) is 2. The molecule has 1 amide bonds. The average Bonchev–Trinajstić information content (AvgIpc) is 2.45. The van der Waals surface area contributed by atoms with Crippen molar-refractivity contribution in [1.29, 1.82) is 0 Å². The number of anilines is 1. The minimum absolute atomic E-state index is 0.119. The fourth-order valence-electron chi connectivity index (χ4n) is 2.14. The minimum Gasteiger partial charge on any atom is -0.326 e. The Morgan fingerprint density at radius 1 is 1.14 bits per heavy atom. The van der Waals surface area contributed by atoms with Crippen LogP contribution in [0.1, 0.15) is 31.0 Å². The van der Waals surface area contributed by atoms with E-state index in [1.807, 2.05) is 31.2 Å². The summed E-state index contributed by atoms with van der Waals surface area (Å²) < 4.78 is 26.6. The van der Waals surface area contributed by atoms with E-state index in [0.29, 0.717) is 12.1 Å². The molecule has 116 valence electrons. The quantitative estimate of drug-likeness (QED) is 0.883. The number of hydrogen-bond donors (Lipinski definition) is 2. The third-order valence-electron chi connectivity index (χ3n) is 3.32. The van der Waals surface area contributed by atoms with Gasteiger partial charge in [-0.2, -0.15) is 0 Å². The molecule has 0 saturated heterocycles. The lowest BCUT2D eigenvalue weighted by molar-refractivity contribution is -0.114. The second-order valence-corrected chi connectivity index (χ2v) is 5.15. The van der Waals surface area contributed by atoms with Crippen LogP contribution in [0.5, 0.6) is 0 Å². The van der Waals surface area contributed by atoms with E-state index in [-0.39, 0.29) is 11.9 Å². The molecule has 2 aromatic carbocycles. The van der Waals surface area contributed by atoms with Crippen LogP contribution in [0.2, 0.25) is 0 Å². The Morgan fingerprint density at radius 2 is 1.82 bits per heavy atom. The molecule has 2 N–H and O–H groups in total. The molecule has 0 unspecified atom stereocenters. The summed E-state index contributed by atoms with van der Waals surface area (Å²) in [6, 6.07) is 10.7. The van der Waals surface area contributed by atoms with Gasteiger partial charge in [-0.3, -0.25) is 4.79 Å². The highest BCUT2D eigenvalue weighted by Crippen LogP contribution is 2.18. The van der Waals surface area contributed by atoms with Gasteiger partial charge in [-0.05, 0) is 30.7 Å². The molecule has 0 spiro atoms. The molecule has 22 heavy (non-hydrogen) atoms. The summed E-state index contributed by atoms with van der Waals surface area (Å²) >= 11 is 0. The summed E-state index contributed by atoms with van der Waals surface area (Å²) in [6.07, 6.45) is 0. The SMILES string of the molecule is CC(=O)Nc1ccc(CN[C@@H](C)c2ccc(F)cc2F)cc1. The Kier molecular flexibility index (Phi) is 5.22. The largest absolute Gasteiger partial charge is 0.326 e. The van der Waals surface area contributed by atoms with Crippen LogP contribution >= 0.6 is 0 Å². The fraction of sp³-hybridized carbons (Fsp3) is 0.235. The van der Waals surface area contributed by atoms with E-state index in [1.54, 1.807) is 0 Å². The lowest BCUT2D eigenvalue weighted by atomic mass is 10.1. The van der Waals surface area contributed by atoms with Gasteiger partial charge in [-0.25, -0.2) is 8.78 Å². The molecule has 2 rings (SSSR count). The first-order valence-corrected chi connectivity index (χ1v) is 7.00. The predicted molar refractivity (Wildman–Crippen MR) is 82.4 cm³/mol. The maximum absolute atomic E-state index is 13.7. The van der Waals surface area contributed by atoms with Crippen molar-refractivity contribution in [2.75, 3.05) is 5.32 Å². The number of carbonyl (C=O) groups is 1. The van der Waals surface area contributed by atoms with Crippen LogP contribution in [0.25, 0.3) is 0 Å². The number of rotatable bonds is 5. The summed E-state index contributed by atoms with van der Waals surface area (Å²) in [4.78, 5) is 10.9. The van der Waals surface area contributed by atoms with Crippen molar-refractivity contribution in [2.24, 2.45) is 0 Å². The molecule has 0 heterocycles. The van der Waals surface area contributed by atoms with Crippen LogP contribution in [0, 0.1) is 11.6 Å². The first kappa shape index (κ1) is 16.1. The molecule has 0 radical (unpaired) electrons. The van der Waals surface area contributed by atoms with E-state index in [0.717, 1.165) is 17.3 Å². The van der Waals surface area contributed by atoms with Gasteiger partial charge in [-0.1, -0.05) is 18.2 Å². The molecule has 5 heteroatoms. The van der Waals surface area contributed by atoms with Crippen LogP contribution in [-0.4, -0.2) is 5.91 Å². The van der Waals surface area contributed by atoms with Crippen molar-refractivity contribution in [2.45, 2.75) is 26.4 Å². The number of amides is 1. The molecular formula is C17H18F2N2O. The molecule has 0 aliphatic carbocycles. The average molecular weight is 304 g/mol. The van der Waals surface area contributed by atoms with Crippen molar-refractivity contribution in [3.8, 4) is 0 Å². The molecule has 1 atom stereocenters. The van der Waals surface area contributed by atoms with Gasteiger partial charge in [-0.15, -0.1) is 0 Å². The summed E-state index contributed by atoms with van der Waals surface area (Å²) in [7, 11) is 0. The highest BCUT2D eigenvalue weighted by Gasteiger charge is 2.11. The Morgan fingerprint density at radius 3 is 2.41 bits per heavy atom. The number of halogens is 2. The molecule has 0 aromatic heterocycles. The van der Waals surface area contributed by atoms with Gasteiger partial charge in [0.05, 0.1) is 0 Å². The standard InChI is InChI=1S/C17H18F2N2O/c1-11(16-8-5-14(18)9-17(16)19)20-10-13-3-6-15(7-4-13)21-12(2)22/h3-9,11,20H,10H2,1-2H3,(H,21,22)/t11-/m0/s1. The van der Waals surface area contributed by atoms with Gasteiger partial charge in [0.25, 0.3) is 0 Å². The zero-order chi connectivity index (χ0) is 16.1. The van der Waals surface area contributed by atoms with Crippen molar-refractivity contribution in [3.63, 3.8) is 0 Å². The predicted octanol–water partition coefficient (Wildman–Crippen LogP) is 3.77. The van der Waals surface area contributed by atoms with Gasteiger partial charge in [0.15, 0.2) is 0 Å². The first-order chi connectivity index (χ1) is 10.5. The molecule has 0 fully saturated rings. The molecule has 2 aromatic rings. The van der Waals surface area contributed by atoms with Crippen molar-refractivity contribution in [3.05, 3.63) is 65.2 Å². The van der Waals surface area contributed by atoms with E-state index in [2.05, 4.69) is 10.6 Å². The van der Waals surface area contributed by atoms with E-state index >= 15 is 0 Å². The summed E-state index contributed by atoms with van der Waals surface area (Å²) in [5.74, 6) is -1.26. The highest BCUT2D eigenvalue weighted by atomic mass is 19.1. The highest BCUT2D eigenvalue weighted by molar-refractivity contribution is 5.88. The molecule has 0 saturated carbocycles. The first-order valence-electron chi connectivity index (χ1n) is 7.00. The number of carbonyl (C=O) groups excluding carboxylic acids is 1. The van der Waals surface area contributed by atoms with E-state index in [9.17, 15) is 13.6 Å². The third kappa shape index (κ3) is 4.36. The summed E-state index contributed by atoms with van der Waals surface area (Å²) in [5, 5.41) is 5.88. The van der Waals surface area contributed by atoms with Crippen molar-refractivity contribution < 1.29 is 13.6 Å². The lowest BCUT2D eigenvalue weighted by Gasteiger charge is -2.15. The smallest absolute Gasteiger partial charge is 0.221 e. The maximum atomic E-state index is 13.7. The van der Waals surface area contributed by atoms with E-state index in [1.165, 1.54) is 19.1 Å². The van der Waals surface area contributed by atoms with Crippen LogP contribution in [0.4, 0.5) is 14.5 Å². The second-order valence-electron chi connectivity index (χ2n) is 5.15. The van der Waals surface area contributed by atoms with Gasteiger partial charge in [0.1, 0.15) is 11.6 Å². The Hall–Kier alpha value is -2.27. The van der Waals surface area contributed by atoms with Crippen LogP contribution in [0.15, 0.2) is 42.5 Å². The van der Waals surface area contributed by atoms with E-state index < -0.39 is 11.6 Å². The fourth-order valence-corrected chi connectivity index (χ4v) is 2.14. The topological polar surface area (TPSA) is 41.1 Å². The monoisotopic (exact) mass is 304 g/mol.